The predicted octanol–water partition coefficient (Wildman–Crippen LogP) is 4.32. The molecule has 1 aliphatic rings. The van der Waals surface area contributed by atoms with E-state index in [4.69, 9.17) is 10.5 Å². The second kappa shape index (κ2) is 5.04. The molecule has 2 nitrogen and oxygen atoms in total. The van der Waals surface area contributed by atoms with E-state index < -0.39 is 23.3 Å². The first kappa shape index (κ1) is 15.9. The predicted molar refractivity (Wildman–Crippen MR) is 78.3 cm³/mol. The Hall–Kier alpha value is -0.520. The van der Waals surface area contributed by atoms with Crippen LogP contribution in [0.2, 0.25) is 0 Å². The molecule has 1 heterocycles. The zero-order valence-electron chi connectivity index (χ0n) is 12.1. The van der Waals surface area contributed by atoms with Crippen molar-refractivity contribution in [2.24, 2.45) is 11.7 Å². The molecule has 20 heavy (non-hydrogen) atoms. The Balaban J connectivity index is 2.37. The Kier molecular flexibility index (Phi) is 4.00. The number of nitrogens with two attached hydrogens (primary N) is 1. The van der Waals surface area contributed by atoms with Crippen LogP contribution in [0.5, 0.6) is 0 Å². The summed E-state index contributed by atoms with van der Waals surface area (Å²) >= 11 is 3.11. The summed E-state index contributed by atoms with van der Waals surface area (Å²) in [6.45, 7) is 8.00. The Morgan fingerprint density at radius 1 is 1.30 bits per heavy atom. The van der Waals surface area contributed by atoms with Gasteiger partial charge in [-0.25, -0.2) is 8.78 Å². The van der Waals surface area contributed by atoms with E-state index in [1.807, 2.05) is 27.7 Å². The molecular weight excluding hydrogens is 328 g/mol. The summed E-state index contributed by atoms with van der Waals surface area (Å²) in [6.07, 6.45) is 0.770. The zero-order valence-corrected chi connectivity index (χ0v) is 13.7. The van der Waals surface area contributed by atoms with Crippen LogP contribution in [0, 0.1) is 17.6 Å². The lowest BCUT2D eigenvalue weighted by molar-refractivity contribution is -0.0767. The molecule has 112 valence electrons. The first-order valence-corrected chi connectivity index (χ1v) is 7.43. The first-order valence-electron chi connectivity index (χ1n) is 6.64. The molecule has 1 aromatic carbocycles. The van der Waals surface area contributed by atoms with Gasteiger partial charge in [0, 0.05) is 12.0 Å². The highest BCUT2D eigenvalue weighted by Gasteiger charge is 2.48. The maximum Gasteiger partial charge on any atom is 0.173 e. The van der Waals surface area contributed by atoms with Crippen molar-refractivity contribution in [1.29, 1.82) is 0 Å². The minimum Gasteiger partial charge on any atom is -0.369 e. The summed E-state index contributed by atoms with van der Waals surface area (Å²) in [5.74, 6) is -1.75. The van der Waals surface area contributed by atoms with E-state index >= 15 is 0 Å². The third-order valence-corrected chi connectivity index (χ3v) is 4.81. The van der Waals surface area contributed by atoms with Crippen molar-refractivity contribution in [3.63, 3.8) is 0 Å². The molecule has 2 rings (SSSR count). The smallest absolute Gasteiger partial charge is 0.173 e. The van der Waals surface area contributed by atoms with E-state index in [1.165, 1.54) is 6.07 Å². The fourth-order valence-electron chi connectivity index (χ4n) is 3.18. The van der Waals surface area contributed by atoms with E-state index in [1.54, 1.807) is 0 Å². The molecule has 1 fully saturated rings. The fourth-order valence-corrected chi connectivity index (χ4v) is 3.77. The number of hydrogen-bond acceptors (Lipinski definition) is 2. The van der Waals surface area contributed by atoms with Gasteiger partial charge in [-0.2, -0.15) is 0 Å². The second-order valence-electron chi connectivity index (χ2n) is 6.57. The molecule has 0 saturated carbocycles. The average Bonchev–Trinajstić information content (AvgIpc) is 2.54. The van der Waals surface area contributed by atoms with Crippen molar-refractivity contribution >= 4 is 15.9 Å². The Morgan fingerprint density at radius 2 is 1.90 bits per heavy atom. The van der Waals surface area contributed by atoms with Crippen LogP contribution >= 0.6 is 15.9 Å². The summed E-state index contributed by atoms with van der Waals surface area (Å²) in [4.78, 5) is 0. The molecule has 0 bridgehead atoms. The molecule has 1 aromatic rings. The topological polar surface area (TPSA) is 35.2 Å². The van der Waals surface area contributed by atoms with Gasteiger partial charge in [0.2, 0.25) is 0 Å². The molecule has 2 atom stereocenters. The van der Waals surface area contributed by atoms with Crippen LogP contribution in [0.1, 0.15) is 45.7 Å². The van der Waals surface area contributed by atoms with Crippen molar-refractivity contribution in [2.45, 2.75) is 51.4 Å². The zero-order chi connectivity index (χ0) is 15.3. The van der Waals surface area contributed by atoms with Crippen LogP contribution in [0.3, 0.4) is 0 Å². The van der Waals surface area contributed by atoms with Gasteiger partial charge in [0.1, 0.15) is 0 Å². The molecule has 0 amide bonds. The Bertz CT molecular complexity index is 531. The number of halogens is 3. The molecule has 5 heteroatoms. The summed E-state index contributed by atoms with van der Waals surface area (Å²) in [5, 5.41) is 0. The van der Waals surface area contributed by atoms with Crippen LogP contribution in [-0.2, 0) is 4.74 Å². The fraction of sp³-hybridized carbons (Fsp3) is 0.600. The van der Waals surface area contributed by atoms with E-state index in [-0.39, 0.29) is 16.0 Å². The maximum absolute atomic E-state index is 13.7. The van der Waals surface area contributed by atoms with Gasteiger partial charge in [0.15, 0.2) is 11.6 Å². The summed E-state index contributed by atoms with van der Waals surface area (Å²) in [7, 11) is 0. The van der Waals surface area contributed by atoms with Gasteiger partial charge in [0.25, 0.3) is 0 Å². The van der Waals surface area contributed by atoms with Gasteiger partial charge in [-0.3, -0.25) is 0 Å². The van der Waals surface area contributed by atoms with E-state index in [0.29, 0.717) is 5.56 Å². The minimum absolute atomic E-state index is 0.0265. The largest absolute Gasteiger partial charge is 0.369 e. The molecule has 0 aliphatic carbocycles. The van der Waals surface area contributed by atoms with Crippen LogP contribution in [0.15, 0.2) is 16.6 Å². The first-order chi connectivity index (χ1) is 9.05. The highest BCUT2D eigenvalue weighted by atomic mass is 79.9. The molecular formula is C15H20BrF2NO. The third kappa shape index (κ3) is 2.76. The van der Waals surface area contributed by atoms with E-state index in [0.717, 1.165) is 12.5 Å². The maximum atomic E-state index is 13.7. The second-order valence-corrected chi connectivity index (χ2v) is 7.36. The molecule has 0 spiro atoms. The van der Waals surface area contributed by atoms with Gasteiger partial charge in [-0.05, 0) is 61.7 Å². The number of rotatable bonds is 2. The SMILES string of the molecule is CC1(C)CC(C(N)c2ccc(F)c(F)c2Br)C(C)(C)O1. The Morgan fingerprint density at radius 3 is 2.40 bits per heavy atom. The minimum atomic E-state index is -0.895. The summed E-state index contributed by atoms with van der Waals surface area (Å²) < 4.78 is 33.0. The lowest BCUT2D eigenvalue weighted by Crippen LogP contribution is -2.36. The van der Waals surface area contributed by atoms with Crippen molar-refractivity contribution in [3.05, 3.63) is 33.8 Å². The van der Waals surface area contributed by atoms with Crippen LogP contribution in [0.25, 0.3) is 0 Å². The lowest BCUT2D eigenvalue weighted by atomic mass is 9.79. The normalized spacial score (nSPS) is 25.7. The van der Waals surface area contributed by atoms with Crippen molar-refractivity contribution in [3.8, 4) is 0 Å². The van der Waals surface area contributed by atoms with E-state index in [9.17, 15) is 8.78 Å². The quantitative estimate of drug-likeness (QED) is 0.808. The van der Waals surface area contributed by atoms with Gasteiger partial charge in [0.05, 0.1) is 15.7 Å². The summed E-state index contributed by atoms with van der Waals surface area (Å²) in [5.41, 5.74) is 6.21. The molecule has 1 aliphatic heterocycles. The summed E-state index contributed by atoms with van der Waals surface area (Å²) in [6, 6.07) is 2.23. The monoisotopic (exact) mass is 347 g/mol. The number of benzene rings is 1. The number of ether oxygens (including phenoxy) is 1. The standard InChI is InChI=1S/C15H20BrF2NO/c1-14(2)7-9(15(3,4)20-14)13(19)8-5-6-10(17)12(18)11(8)16/h5-6,9,13H,7,19H2,1-4H3. The molecule has 0 aromatic heterocycles. The van der Waals surface area contributed by atoms with Crippen molar-refractivity contribution in [2.75, 3.05) is 0 Å². The highest BCUT2D eigenvalue weighted by molar-refractivity contribution is 9.10. The van der Waals surface area contributed by atoms with Crippen molar-refractivity contribution in [1.82, 2.24) is 0 Å². The van der Waals surface area contributed by atoms with Crippen LogP contribution in [0.4, 0.5) is 8.78 Å². The number of hydrogen-bond donors (Lipinski definition) is 1. The third-order valence-electron chi connectivity index (χ3n) is 4.00. The van der Waals surface area contributed by atoms with Crippen LogP contribution in [-0.4, -0.2) is 11.2 Å². The molecule has 2 unspecified atom stereocenters. The van der Waals surface area contributed by atoms with Crippen molar-refractivity contribution < 1.29 is 13.5 Å². The van der Waals surface area contributed by atoms with Gasteiger partial charge < -0.3 is 10.5 Å². The molecule has 1 saturated heterocycles. The average molecular weight is 348 g/mol. The van der Waals surface area contributed by atoms with Crippen LogP contribution < -0.4 is 5.73 Å². The van der Waals surface area contributed by atoms with Gasteiger partial charge in [-0.15, -0.1) is 0 Å². The highest BCUT2D eigenvalue weighted by Crippen LogP contribution is 2.47. The van der Waals surface area contributed by atoms with Gasteiger partial charge in [-0.1, -0.05) is 6.07 Å². The van der Waals surface area contributed by atoms with Gasteiger partial charge >= 0.3 is 0 Å². The van der Waals surface area contributed by atoms with E-state index in [2.05, 4.69) is 15.9 Å². The molecule has 2 N–H and O–H groups in total. The molecule has 0 radical (unpaired) electrons. The lowest BCUT2D eigenvalue weighted by Gasteiger charge is -2.31. The Labute approximate surface area is 126 Å².